The highest BCUT2D eigenvalue weighted by molar-refractivity contribution is 8.18. The lowest BCUT2D eigenvalue weighted by molar-refractivity contribution is -0.127. The van der Waals surface area contributed by atoms with Crippen LogP contribution in [0.25, 0.3) is 6.08 Å². The van der Waals surface area contributed by atoms with E-state index in [1.807, 2.05) is 0 Å². The second kappa shape index (κ2) is 11.1. The van der Waals surface area contributed by atoms with Crippen LogP contribution in [0.1, 0.15) is 21.5 Å². The van der Waals surface area contributed by atoms with Crippen molar-refractivity contribution < 1.29 is 29.0 Å². The van der Waals surface area contributed by atoms with Gasteiger partial charge >= 0.3 is 5.97 Å². The fraction of sp³-hybridized carbons (Fsp3) is 0.0769. The number of carboxylic acids is 1. The molecule has 1 aliphatic rings. The molecule has 2 N–H and O–H groups in total. The number of hydrogen-bond acceptors (Lipinski definition) is 6. The molecule has 0 radical (unpaired) electrons. The Morgan fingerprint density at radius 2 is 1.69 bits per heavy atom. The van der Waals surface area contributed by atoms with E-state index in [-0.39, 0.29) is 17.1 Å². The number of halogens is 1. The van der Waals surface area contributed by atoms with E-state index in [1.165, 1.54) is 12.1 Å². The number of ether oxygens (including phenoxy) is 1. The minimum Gasteiger partial charge on any atom is -0.488 e. The molecule has 1 fully saturated rings. The van der Waals surface area contributed by atoms with Gasteiger partial charge in [0.25, 0.3) is 11.1 Å². The second-order valence-corrected chi connectivity index (χ2v) is 9.02. The van der Waals surface area contributed by atoms with E-state index >= 15 is 0 Å². The van der Waals surface area contributed by atoms with Crippen molar-refractivity contribution in [3.8, 4) is 5.75 Å². The minimum atomic E-state index is -1.01. The maximum atomic E-state index is 12.9. The Bertz CT molecular complexity index is 1370. The minimum absolute atomic E-state index is 0.160. The molecule has 0 aliphatic carbocycles. The van der Waals surface area contributed by atoms with Gasteiger partial charge in [-0.05, 0) is 53.7 Å². The summed E-state index contributed by atoms with van der Waals surface area (Å²) in [5, 5.41) is 11.4. The van der Waals surface area contributed by atoms with Crippen LogP contribution < -0.4 is 10.1 Å². The largest absolute Gasteiger partial charge is 0.488 e. The number of imide groups is 1. The van der Waals surface area contributed by atoms with Crippen LogP contribution in [0.3, 0.4) is 0 Å². The van der Waals surface area contributed by atoms with Gasteiger partial charge in [-0.3, -0.25) is 19.3 Å². The predicted octanol–water partition coefficient (Wildman–Crippen LogP) is 5.29. The molecule has 4 rings (SSSR count). The van der Waals surface area contributed by atoms with Crippen molar-refractivity contribution in [2.75, 3.05) is 11.9 Å². The number of nitrogens with one attached hydrogen (secondary N) is 1. The first-order valence-corrected chi connectivity index (χ1v) is 11.8. The molecule has 182 valence electrons. The van der Waals surface area contributed by atoms with E-state index in [0.29, 0.717) is 22.0 Å². The lowest BCUT2D eigenvalue weighted by atomic mass is 10.1. The number of thioether (sulfide) groups is 1. The lowest BCUT2D eigenvalue weighted by Gasteiger charge is -2.13. The Balaban J connectivity index is 1.44. The number of hydrogen-bond donors (Lipinski definition) is 2. The molecule has 0 unspecified atom stereocenters. The maximum absolute atomic E-state index is 12.9. The smallest absolute Gasteiger partial charge is 0.335 e. The highest BCUT2D eigenvalue weighted by atomic mass is 35.5. The summed E-state index contributed by atoms with van der Waals surface area (Å²) in [5.41, 5.74) is 1.90. The van der Waals surface area contributed by atoms with Crippen molar-refractivity contribution in [3.63, 3.8) is 0 Å². The molecule has 0 aromatic heterocycles. The van der Waals surface area contributed by atoms with Crippen molar-refractivity contribution in [3.05, 3.63) is 99.4 Å². The molecular formula is C26H19ClN2O6S. The second-order valence-electron chi connectivity index (χ2n) is 7.62. The zero-order valence-corrected chi connectivity index (χ0v) is 20.2. The molecule has 0 spiro atoms. The summed E-state index contributed by atoms with van der Waals surface area (Å²) in [5.74, 6) is -1.67. The molecule has 1 aliphatic heterocycles. The van der Waals surface area contributed by atoms with Gasteiger partial charge in [-0.25, -0.2) is 4.79 Å². The number of nitrogens with zero attached hydrogens (tertiary/aromatic N) is 1. The van der Waals surface area contributed by atoms with Crippen molar-refractivity contribution in [2.45, 2.75) is 6.61 Å². The van der Waals surface area contributed by atoms with E-state index in [0.717, 1.165) is 22.2 Å². The monoisotopic (exact) mass is 522 g/mol. The first-order chi connectivity index (χ1) is 17.3. The van der Waals surface area contributed by atoms with Crippen LogP contribution >= 0.6 is 23.4 Å². The zero-order chi connectivity index (χ0) is 25.7. The number of aromatic carboxylic acids is 1. The number of carbonyl (C=O) groups is 4. The fourth-order valence-corrected chi connectivity index (χ4v) is 4.32. The van der Waals surface area contributed by atoms with Crippen LogP contribution in [0, 0.1) is 0 Å². The third-order valence-corrected chi connectivity index (χ3v) is 6.36. The molecule has 1 heterocycles. The van der Waals surface area contributed by atoms with Crippen molar-refractivity contribution in [1.82, 2.24) is 4.90 Å². The lowest BCUT2D eigenvalue weighted by Crippen LogP contribution is -2.36. The van der Waals surface area contributed by atoms with E-state index < -0.39 is 29.6 Å². The number of amides is 3. The summed E-state index contributed by atoms with van der Waals surface area (Å²) < 4.78 is 5.88. The van der Waals surface area contributed by atoms with Crippen LogP contribution in [0.5, 0.6) is 5.75 Å². The van der Waals surface area contributed by atoms with Gasteiger partial charge in [0.15, 0.2) is 0 Å². The number of benzene rings is 3. The maximum Gasteiger partial charge on any atom is 0.335 e. The molecule has 3 aromatic carbocycles. The molecular weight excluding hydrogens is 504 g/mol. The molecule has 3 amide bonds. The highest BCUT2D eigenvalue weighted by Crippen LogP contribution is 2.34. The number of anilines is 1. The number of para-hydroxylation sites is 2. The Kier molecular flexibility index (Phi) is 7.72. The average molecular weight is 523 g/mol. The zero-order valence-electron chi connectivity index (χ0n) is 18.6. The summed E-state index contributed by atoms with van der Waals surface area (Å²) in [6, 6.07) is 19.9. The van der Waals surface area contributed by atoms with Crippen LogP contribution in [0.2, 0.25) is 5.02 Å². The van der Waals surface area contributed by atoms with Gasteiger partial charge in [0, 0.05) is 5.56 Å². The molecule has 10 heteroatoms. The Morgan fingerprint density at radius 1 is 1.00 bits per heavy atom. The SMILES string of the molecule is O=C(CN1C(=O)S/C(=C/c2ccccc2OCc2ccc(C(=O)O)cc2)C1=O)Nc1ccccc1Cl. The summed E-state index contributed by atoms with van der Waals surface area (Å²) in [6.45, 7) is -0.272. The highest BCUT2D eigenvalue weighted by Gasteiger charge is 2.36. The van der Waals surface area contributed by atoms with Gasteiger partial charge in [0.2, 0.25) is 5.91 Å². The number of rotatable bonds is 8. The summed E-state index contributed by atoms with van der Waals surface area (Å²) in [4.78, 5) is 49.8. The number of carbonyl (C=O) groups excluding carboxylic acids is 3. The van der Waals surface area contributed by atoms with Gasteiger partial charge in [-0.15, -0.1) is 0 Å². The standard InChI is InChI=1S/C26H19ClN2O6S/c27-19-6-2-3-7-20(19)28-23(30)14-29-24(31)22(36-26(29)34)13-18-5-1-4-8-21(18)35-15-16-9-11-17(12-10-16)25(32)33/h1-13H,14-15H2,(H,28,30)(H,32,33)/b22-13+. The molecule has 1 saturated heterocycles. The average Bonchev–Trinajstić information content (AvgIpc) is 3.12. The van der Waals surface area contributed by atoms with Crippen LogP contribution in [-0.2, 0) is 16.2 Å². The third-order valence-electron chi connectivity index (χ3n) is 5.12. The van der Waals surface area contributed by atoms with Crippen LogP contribution in [-0.4, -0.2) is 39.6 Å². The molecule has 36 heavy (non-hydrogen) atoms. The first-order valence-electron chi connectivity index (χ1n) is 10.7. The van der Waals surface area contributed by atoms with Gasteiger partial charge in [-0.1, -0.05) is 54.1 Å². The van der Waals surface area contributed by atoms with Gasteiger partial charge in [0.05, 0.1) is 21.2 Å². The number of carboxylic acid groups (broad SMARTS) is 1. The van der Waals surface area contributed by atoms with E-state index in [9.17, 15) is 19.2 Å². The molecule has 3 aromatic rings. The van der Waals surface area contributed by atoms with Gasteiger partial charge in [-0.2, -0.15) is 0 Å². The molecule has 0 saturated carbocycles. The van der Waals surface area contributed by atoms with Crippen molar-refractivity contribution >= 4 is 58.1 Å². The fourth-order valence-electron chi connectivity index (χ4n) is 3.31. The van der Waals surface area contributed by atoms with Gasteiger partial charge < -0.3 is 15.2 Å². The van der Waals surface area contributed by atoms with Crippen molar-refractivity contribution in [1.29, 1.82) is 0 Å². The van der Waals surface area contributed by atoms with Crippen LogP contribution in [0.4, 0.5) is 10.5 Å². The normalized spacial score (nSPS) is 14.2. The molecule has 0 bridgehead atoms. The Labute approximate surface area is 215 Å². The molecule has 8 nitrogen and oxygen atoms in total. The summed E-state index contributed by atoms with van der Waals surface area (Å²) >= 11 is 6.78. The predicted molar refractivity (Wildman–Crippen MR) is 137 cm³/mol. The Morgan fingerprint density at radius 3 is 2.42 bits per heavy atom. The molecule has 0 atom stereocenters. The van der Waals surface area contributed by atoms with E-state index in [1.54, 1.807) is 66.7 Å². The van der Waals surface area contributed by atoms with E-state index in [4.69, 9.17) is 21.4 Å². The van der Waals surface area contributed by atoms with Crippen LogP contribution in [0.15, 0.2) is 77.7 Å². The van der Waals surface area contributed by atoms with E-state index in [2.05, 4.69) is 5.32 Å². The first kappa shape index (κ1) is 25.0. The topological polar surface area (TPSA) is 113 Å². The summed E-state index contributed by atoms with van der Waals surface area (Å²) in [7, 11) is 0. The van der Waals surface area contributed by atoms with Gasteiger partial charge in [0.1, 0.15) is 18.9 Å². The third kappa shape index (κ3) is 5.94. The summed E-state index contributed by atoms with van der Waals surface area (Å²) in [6.07, 6.45) is 1.54. The quantitative estimate of drug-likeness (QED) is 0.386. The van der Waals surface area contributed by atoms with Crippen molar-refractivity contribution in [2.24, 2.45) is 0 Å². The Hall–Kier alpha value is -4.08.